The van der Waals surface area contributed by atoms with E-state index in [4.69, 9.17) is 5.73 Å². The van der Waals surface area contributed by atoms with Crippen LogP contribution in [0.2, 0.25) is 0 Å². The molecule has 1 heterocycles. The molecule has 21 heavy (non-hydrogen) atoms. The monoisotopic (exact) mass is 298 g/mol. The molecule has 0 bridgehead atoms. The van der Waals surface area contributed by atoms with Gasteiger partial charge in [-0.1, -0.05) is 12.1 Å². The van der Waals surface area contributed by atoms with Gasteiger partial charge in [0.2, 0.25) is 5.91 Å². The number of hydrogen-bond donors (Lipinski definition) is 2. The number of aliphatic hydroxyl groups excluding tert-OH is 1. The molecule has 0 radical (unpaired) electrons. The molecule has 4 nitrogen and oxygen atoms in total. The molecule has 1 aliphatic rings. The molecule has 0 aromatic heterocycles. The van der Waals surface area contributed by atoms with Gasteiger partial charge in [0.05, 0.1) is 12.1 Å². The fourth-order valence-corrected chi connectivity index (χ4v) is 2.94. The van der Waals surface area contributed by atoms with Crippen molar-refractivity contribution in [3.63, 3.8) is 0 Å². The molecule has 0 aliphatic carbocycles. The van der Waals surface area contributed by atoms with Crippen LogP contribution in [-0.2, 0) is 4.79 Å². The zero-order valence-corrected chi connectivity index (χ0v) is 12.1. The number of benzene rings is 1. The predicted molar refractivity (Wildman–Crippen MR) is 74.5 cm³/mol. The van der Waals surface area contributed by atoms with E-state index in [2.05, 4.69) is 0 Å². The average Bonchev–Trinajstić information content (AvgIpc) is 2.42. The van der Waals surface area contributed by atoms with Gasteiger partial charge in [-0.15, -0.1) is 0 Å². The summed E-state index contributed by atoms with van der Waals surface area (Å²) in [6, 6.07) is 2.89. The van der Waals surface area contributed by atoms with Crippen molar-refractivity contribution in [1.82, 2.24) is 4.90 Å². The summed E-state index contributed by atoms with van der Waals surface area (Å²) >= 11 is 0. The Bertz CT molecular complexity index is 536. The summed E-state index contributed by atoms with van der Waals surface area (Å²) in [5.74, 6) is -2.47. The lowest BCUT2D eigenvalue weighted by molar-refractivity contribution is -0.140. The molecular formula is C15H20F2N2O2. The third-order valence-electron chi connectivity index (χ3n) is 4.02. The summed E-state index contributed by atoms with van der Waals surface area (Å²) in [6.45, 7) is 3.46. The van der Waals surface area contributed by atoms with Gasteiger partial charge in [0.1, 0.15) is 0 Å². The van der Waals surface area contributed by atoms with Gasteiger partial charge in [-0.3, -0.25) is 4.79 Å². The van der Waals surface area contributed by atoms with Crippen molar-refractivity contribution >= 4 is 5.91 Å². The minimum atomic E-state index is -0.910. The summed E-state index contributed by atoms with van der Waals surface area (Å²) in [6.07, 6.45) is -0.448. The second-order valence-corrected chi connectivity index (χ2v) is 5.67. The highest BCUT2D eigenvalue weighted by Gasteiger charge is 2.39. The number of likely N-dealkylation sites (tertiary alicyclic amines) is 1. The van der Waals surface area contributed by atoms with Crippen LogP contribution in [0.1, 0.15) is 31.7 Å². The molecule has 0 unspecified atom stereocenters. The first-order chi connectivity index (χ1) is 9.82. The number of amides is 1. The predicted octanol–water partition coefficient (Wildman–Crippen LogP) is 1.38. The Kier molecular flexibility index (Phi) is 4.58. The zero-order chi connectivity index (χ0) is 15.7. The molecule has 0 spiro atoms. The third kappa shape index (κ3) is 3.06. The van der Waals surface area contributed by atoms with Gasteiger partial charge in [0, 0.05) is 18.5 Å². The number of carbonyl (C=O) groups excluding carboxylic acids is 1. The lowest BCUT2D eigenvalue weighted by atomic mass is 9.81. The maximum absolute atomic E-state index is 14.0. The average molecular weight is 298 g/mol. The van der Waals surface area contributed by atoms with Crippen LogP contribution in [0.4, 0.5) is 8.78 Å². The number of aliphatic hydroxyl groups is 1. The van der Waals surface area contributed by atoms with Crippen LogP contribution in [0.5, 0.6) is 0 Å². The molecule has 1 aliphatic heterocycles. The Balaban J connectivity index is 2.35. The summed E-state index contributed by atoms with van der Waals surface area (Å²) in [4.78, 5) is 13.6. The van der Waals surface area contributed by atoms with Gasteiger partial charge >= 0.3 is 0 Å². The Morgan fingerprint density at radius 1 is 1.48 bits per heavy atom. The van der Waals surface area contributed by atoms with Gasteiger partial charge in [-0.05, 0) is 31.9 Å². The van der Waals surface area contributed by atoms with Gasteiger partial charge in [0.25, 0.3) is 0 Å². The Morgan fingerprint density at radius 3 is 2.76 bits per heavy atom. The van der Waals surface area contributed by atoms with Crippen LogP contribution >= 0.6 is 0 Å². The van der Waals surface area contributed by atoms with Crippen LogP contribution in [-0.4, -0.2) is 40.6 Å². The quantitative estimate of drug-likeness (QED) is 0.886. The number of nitrogens with two attached hydrogens (primary N) is 1. The smallest absolute Gasteiger partial charge is 0.239 e. The number of β-amino-alcohol motifs (C(OH)–C–C–N with tert-alkyl or cyclic N) is 1. The molecular weight excluding hydrogens is 278 g/mol. The highest BCUT2D eigenvalue weighted by Crippen LogP contribution is 2.34. The number of piperidine rings is 1. The summed E-state index contributed by atoms with van der Waals surface area (Å²) in [7, 11) is 0. The minimum absolute atomic E-state index is 0.126. The van der Waals surface area contributed by atoms with Crippen LogP contribution in [0, 0.1) is 11.6 Å². The first-order valence-electron chi connectivity index (χ1n) is 7.01. The fourth-order valence-electron chi connectivity index (χ4n) is 2.94. The van der Waals surface area contributed by atoms with Crippen molar-refractivity contribution in [1.29, 1.82) is 0 Å². The molecule has 4 atom stereocenters. The first kappa shape index (κ1) is 15.9. The number of rotatable bonds is 3. The largest absolute Gasteiger partial charge is 0.392 e. The molecule has 1 fully saturated rings. The highest BCUT2D eigenvalue weighted by molar-refractivity contribution is 5.83. The standard InChI is InChI=1S/C15H20F2N2O2/c1-8(20)7-19-9(2)11(6-13(18)15(19)21)10-4-3-5-12(16)14(10)17/h3-5,8-9,11,13,20H,6-7,18H2,1-2H3/t8-,9-,11-,13+/m1/s1. The normalized spacial score (nSPS) is 27.8. The lowest BCUT2D eigenvalue weighted by Crippen LogP contribution is -2.57. The van der Waals surface area contributed by atoms with E-state index in [0.717, 1.165) is 6.07 Å². The van der Waals surface area contributed by atoms with E-state index in [9.17, 15) is 18.7 Å². The maximum atomic E-state index is 14.0. The van der Waals surface area contributed by atoms with E-state index in [1.54, 1.807) is 13.8 Å². The molecule has 1 aromatic carbocycles. The van der Waals surface area contributed by atoms with Crippen molar-refractivity contribution in [3.8, 4) is 0 Å². The first-order valence-corrected chi connectivity index (χ1v) is 7.01. The summed E-state index contributed by atoms with van der Waals surface area (Å²) in [5, 5.41) is 9.51. The molecule has 0 saturated carbocycles. The minimum Gasteiger partial charge on any atom is -0.392 e. The van der Waals surface area contributed by atoms with E-state index in [-0.39, 0.29) is 30.5 Å². The number of halogens is 2. The SMILES string of the molecule is C[C@@H]1[C@H](c2cccc(F)c2F)C[C@H](N)C(=O)N1C[C@@H](C)O. The van der Waals surface area contributed by atoms with Crippen molar-refractivity contribution in [2.45, 2.75) is 44.4 Å². The van der Waals surface area contributed by atoms with Crippen molar-refractivity contribution in [2.24, 2.45) is 5.73 Å². The molecule has 3 N–H and O–H groups in total. The van der Waals surface area contributed by atoms with Crippen molar-refractivity contribution in [2.75, 3.05) is 6.54 Å². The molecule has 2 rings (SSSR count). The summed E-state index contributed by atoms with van der Waals surface area (Å²) < 4.78 is 27.4. The van der Waals surface area contributed by atoms with Crippen LogP contribution in [0.25, 0.3) is 0 Å². The topological polar surface area (TPSA) is 66.6 Å². The van der Waals surface area contributed by atoms with Gasteiger partial charge in [-0.25, -0.2) is 8.78 Å². The molecule has 1 saturated heterocycles. The van der Waals surface area contributed by atoms with Gasteiger partial charge in [0.15, 0.2) is 11.6 Å². The number of nitrogens with zero attached hydrogens (tertiary/aromatic N) is 1. The van der Waals surface area contributed by atoms with Crippen molar-refractivity contribution in [3.05, 3.63) is 35.4 Å². The van der Waals surface area contributed by atoms with E-state index >= 15 is 0 Å². The van der Waals surface area contributed by atoms with Crippen molar-refractivity contribution < 1.29 is 18.7 Å². The second-order valence-electron chi connectivity index (χ2n) is 5.67. The third-order valence-corrected chi connectivity index (χ3v) is 4.02. The fraction of sp³-hybridized carbons (Fsp3) is 0.533. The van der Waals surface area contributed by atoms with E-state index in [1.165, 1.54) is 17.0 Å². The van der Waals surface area contributed by atoms with Crippen LogP contribution < -0.4 is 5.73 Å². The molecule has 1 amide bonds. The highest BCUT2D eigenvalue weighted by atomic mass is 19.2. The lowest BCUT2D eigenvalue weighted by Gasteiger charge is -2.42. The van der Waals surface area contributed by atoms with E-state index < -0.39 is 29.7 Å². The number of carbonyl (C=O) groups is 1. The zero-order valence-electron chi connectivity index (χ0n) is 12.1. The molecule has 116 valence electrons. The second kappa shape index (κ2) is 6.07. The van der Waals surface area contributed by atoms with Gasteiger partial charge in [-0.2, -0.15) is 0 Å². The van der Waals surface area contributed by atoms with Gasteiger partial charge < -0.3 is 15.7 Å². The Morgan fingerprint density at radius 2 is 2.14 bits per heavy atom. The van der Waals surface area contributed by atoms with E-state index in [1.807, 2.05) is 0 Å². The van der Waals surface area contributed by atoms with Crippen LogP contribution in [0.3, 0.4) is 0 Å². The number of hydrogen-bond acceptors (Lipinski definition) is 3. The van der Waals surface area contributed by atoms with Crippen LogP contribution in [0.15, 0.2) is 18.2 Å². The van der Waals surface area contributed by atoms with E-state index in [0.29, 0.717) is 0 Å². The molecule has 1 aromatic rings. The molecule has 6 heteroatoms. The Labute approximate surface area is 122 Å². The summed E-state index contributed by atoms with van der Waals surface area (Å²) in [5.41, 5.74) is 6.06. The Hall–Kier alpha value is -1.53. The maximum Gasteiger partial charge on any atom is 0.239 e.